The van der Waals surface area contributed by atoms with Gasteiger partial charge >= 0.3 is 0 Å². The summed E-state index contributed by atoms with van der Waals surface area (Å²) in [5.74, 6) is -1.71. The Morgan fingerprint density at radius 2 is 1.96 bits per heavy atom. The normalized spacial score (nSPS) is 27.0. The molecule has 1 atom stereocenters. The Hall–Kier alpha value is -1.28. The molecular weight excluding hydrogens is 320 g/mol. The summed E-state index contributed by atoms with van der Waals surface area (Å²) in [5, 5.41) is 10.8. The summed E-state index contributed by atoms with van der Waals surface area (Å²) >= 11 is 0. The third-order valence-corrected chi connectivity index (χ3v) is 4.50. The van der Waals surface area contributed by atoms with Gasteiger partial charge in [-0.15, -0.1) is 0 Å². The fraction of sp³-hybridized carbons (Fsp3) is 0.647. The van der Waals surface area contributed by atoms with Crippen LogP contribution in [-0.4, -0.2) is 67.8 Å². The average Bonchev–Trinajstić information content (AvgIpc) is 2.79. The first-order valence-electron chi connectivity index (χ1n) is 8.25. The molecule has 2 aliphatic heterocycles. The van der Waals surface area contributed by atoms with Gasteiger partial charge in [-0.1, -0.05) is 0 Å². The summed E-state index contributed by atoms with van der Waals surface area (Å²) in [6, 6.07) is 3.68. The van der Waals surface area contributed by atoms with Crippen molar-refractivity contribution in [2.45, 2.75) is 24.5 Å². The Morgan fingerprint density at radius 1 is 1.17 bits per heavy atom. The molecule has 0 unspecified atom stereocenters. The van der Waals surface area contributed by atoms with E-state index in [2.05, 4.69) is 4.90 Å². The molecule has 1 N–H and O–H groups in total. The fourth-order valence-corrected chi connectivity index (χ4v) is 3.18. The number of rotatable bonds is 4. The summed E-state index contributed by atoms with van der Waals surface area (Å²) in [5.41, 5.74) is -1.19. The highest BCUT2D eigenvalue weighted by Crippen LogP contribution is 2.22. The number of hydrogen-bond acceptors (Lipinski definition) is 5. The molecule has 2 heterocycles. The summed E-state index contributed by atoms with van der Waals surface area (Å²) in [4.78, 5) is 2.21. The number of benzene rings is 1. The molecule has 0 saturated carbocycles. The lowest BCUT2D eigenvalue weighted by molar-refractivity contribution is -0.0714. The number of nitrogens with zero attached hydrogens (tertiary/aromatic N) is 1. The van der Waals surface area contributed by atoms with Gasteiger partial charge in [0.2, 0.25) is 0 Å². The van der Waals surface area contributed by atoms with Gasteiger partial charge in [0.15, 0.2) is 11.6 Å². The van der Waals surface area contributed by atoms with Crippen LogP contribution in [0.5, 0.6) is 5.75 Å². The maximum Gasteiger partial charge on any atom is 0.162 e. The first-order chi connectivity index (χ1) is 11.6. The van der Waals surface area contributed by atoms with Gasteiger partial charge in [0, 0.05) is 38.4 Å². The van der Waals surface area contributed by atoms with E-state index in [1.165, 1.54) is 6.07 Å². The molecule has 0 radical (unpaired) electrons. The number of ether oxygens (including phenoxy) is 3. The second kappa shape index (κ2) is 7.74. The molecule has 2 fully saturated rings. The van der Waals surface area contributed by atoms with Gasteiger partial charge in [0.1, 0.15) is 18.0 Å². The fourth-order valence-electron chi connectivity index (χ4n) is 3.18. The smallest absolute Gasteiger partial charge is 0.162 e. The topological polar surface area (TPSA) is 51.2 Å². The first kappa shape index (κ1) is 17.5. The molecule has 0 spiro atoms. The Morgan fingerprint density at radius 3 is 2.71 bits per heavy atom. The number of aliphatic hydroxyl groups is 1. The predicted octanol–water partition coefficient (Wildman–Crippen LogP) is 1.59. The van der Waals surface area contributed by atoms with Crippen molar-refractivity contribution in [3.8, 4) is 5.75 Å². The van der Waals surface area contributed by atoms with Crippen LogP contribution in [0.15, 0.2) is 18.2 Å². The van der Waals surface area contributed by atoms with E-state index in [1.807, 2.05) is 0 Å². The van der Waals surface area contributed by atoms with Crippen molar-refractivity contribution in [3.05, 3.63) is 29.8 Å². The largest absolute Gasteiger partial charge is 0.490 e. The van der Waals surface area contributed by atoms with Gasteiger partial charge in [-0.05, 0) is 25.0 Å². The molecular formula is C17H23F2NO4. The van der Waals surface area contributed by atoms with Crippen molar-refractivity contribution in [2.24, 2.45) is 0 Å². The molecule has 1 aromatic carbocycles. The highest BCUT2D eigenvalue weighted by Gasteiger charge is 2.36. The van der Waals surface area contributed by atoms with E-state index in [0.29, 0.717) is 19.2 Å². The summed E-state index contributed by atoms with van der Waals surface area (Å²) in [7, 11) is 0. The standard InChI is InChI=1S/C17H23F2NO4/c18-15-2-1-14(9-16(15)19)24-12-17(21)10-20(5-8-23-11-17)13-3-6-22-7-4-13/h1-2,9,13,21H,3-8,10-12H2/t17-/m1/s1. The first-order valence-corrected chi connectivity index (χ1v) is 8.25. The molecule has 134 valence electrons. The van der Waals surface area contributed by atoms with Crippen LogP contribution in [0.1, 0.15) is 12.8 Å². The zero-order chi connectivity index (χ0) is 17.0. The zero-order valence-electron chi connectivity index (χ0n) is 13.5. The van der Waals surface area contributed by atoms with Crippen LogP contribution in [0.25, 0.3) is 0 Å². The maximum absolute atomic E-state index is 13.2. The van der Waals surface area contributed by atoms with Crippen LogP contribution in [0.4, 0.5) is 8.78 Å². The second-order valence-corrected chi connectivity index (χ2v) is 6.46. The monoisotopic (exact) mass is 343 g/mol. The molecule has 2 aliphatic rings. The van der Waals surface area contributed by atoms with Gasteiger partial charge in [-0.25, -0.2) is 8.78 Å². The van der Waals surface area contributed by atoms with Crippen molar-refractivity contribution >= 4 is 0 Å². The van der Waals surface area contributed by atoms with E-state index < -0.39 is 17.2 Å². The van der Waals surface area contributed by atoms with Gasteiger partial charge in [-0.3, -0.25) is 4.90 Å². The molecule has 0 bridgehead atoms. The minimum Gasteiger partial charge on any atom is -0.490 e. The molecule has 24 heavy (non-hydrogen) atoms. The van der Waals surface area contributed by atoms with Crippen molar-refractivity contribution < 1.29 is 28.1 Å². The van der Waals surface area contributed by atoms with E-state index in [-0.39, 0.29) is 19.0 Å². The lowest BCUT2D eigenvalue weighted by Crippen LogP contribution is -2.52. The summed E-state index contributed by atoms with van der Waals surface area (Å²) < 4.78 is 42.6. The predicted molar refractivity (Wildman–Crippen MR) is 83.0 cm³/mol. The van der Waals surface area contributed by atoms with E-state index in [0.717, 1.165) is 44.7 Å². The third-order valence-electron chi connectivity index (χ3n) is 4.50. The molecule has 0 aromatic heterocycles. The van der Waals surface area contributed by atoms with Crippen LogP contribution in [0.3, 0.4) is 0 Å². The quantitative estimate of drug-likeness (QED) is 0.900. The molecule has 7 heteroatoms. The molecule has 0 amide bonds. The lowest BCUT2D eigenvalue weighted by atomic mass is 10.0. The third kappa shape index (κ3) is 4.42. The SMILES string of the molecule is O[C@@]1(COc2ccc(F)c(F)c2)COCCN(C2CCOCC2)C1. The molecule has 5 nitrogen and oxygen atoms in total. The van der Waals surface area contributed by atoms with E-state index >= 15 is 0 Å². The Bertz CT molecular complexity index is 553. The van der Waals surface area contributed by atoms with Crippen molar-refractivity contribution in [2.75, 3.05) is 46.1 Å². The Kier molecular flexibility index (Phi) is 5.65. The van der Waals surface area contributed by atoms with Crippen molar-refractivity contribution in [1.82, 2.24) is 4.90 Å². The van der Waals surface area contributed by atoms with Crippen LogP contribution in [0, 0.1) is 11.6 Å². The van der Waals surface area contributed by atoms with E-state index in [4.69, 9.17) is 14.2 Å². The molecule has 3 rings (SSSR count). The lowest BCUT2D eigenvalue weighted by Gasteiger charge is -2.37. The van der Waals surface area contributed by atoms with Gasteiger partial charge in [-0.2, -0.15) is 0 Å². The number of β-amino-alcohol motifs (C(OH)–C–C–N with tert-alkyl or cyclic N) is 1. The van der Waals surface area contributed by atoms with Crippen LogP contribution < -0.4 is 4.74 Å². The minimum absolute atomic E-state index is 0.0439. The van der Waals surface area contributed by atoms with E-state index in [1.54, 1.807) is 0 Å². The summed E-state index contributed by atoms with van der Waals surface area (Å²) in [6.45, 7) is 3.27. The van der Waals surface area contributed by atoms with Crippen molar-refractivity contribution in [1.29, 1.82) is 0 Å². The van der Waals surface area contributed by atoms with Crippen LogP contribution in [-0.2, 0) is 9.47 Å². The molecule has 2 saturated heterocycles. The maximum atomic E-state index is 13.2. The van der Waals surface area contributed by atoms with Crippen molar-refractivity contribution in [3.63, 3.8) is 0 Å². The second-order valence-electron chi connectivity index (χ2n) is 6.46. The molecule has 0 aliphatic carbocycles. The molecule has 1 aromatic rings. The highest BCUT2D eigenvalue weighted by atomic mass is 19.2. The van der Waals surface area contributed by atoms with Gasteiger partial charge < -0.3 is 19.3 Å². The van der Waals surface area contributed by atoms with Crippen LogP contribution in [0.2, 0.25) is 0 Å². The van der Waals surface area contributed by atoms with E-state index in [9.17, 15) is 13.9 Å². The number of hydrogen-bond donors (Lipinski definition) is 1. The van der Waals surface area contributed by atoms with Gasteiger partial charge in [0.25, 0.3) is 0 Å². The zero-order valence-corrected chi connectivity index (χ0v) is 13.5. The highest BCUT2D eigenvalue weighted by molar-refractivity contribution is 5.23. The Labute approximate surface area is 140 Å². The average molecular weight is 343 g/mol. The Balaban J connectivity index is 1.62. The summed E-state index contributed by atoms with van der Waals surface area (Å²) in [6.07, 6.45) is 1.86. The minimum atomic E-state index is -1.19. The van der Waals surface area contributed by atoms with Crippen LogP contribution >= 0.6 is 0 Å². The van der Waals surface area contributed by atoms with Gasteiger partial charge in [0.05, 0.1) is 13.2 Å². The number of halogens is 2.